The van der Waals surface area contributed by atoms with E-state index in [4.69, 9.17) is 0 Å². The van der Waals surface area contributed by atoms with Crippen molar-refractivity contribution in [1.82, 2.24) is 9.88 Å². The van der Waals surface area contributed by atoms with Crippen LogP contribution in [-0.4, -0.2) is 24.1 Å². The average molecular weight is 493 g/mol. The van der Waals surface area contributed by atoms with Crippen molar-refractivity contribution < 1.29 is 26.4 Å². The molecule has 180 valence electrons. The van der Waals surface area contributed by atoms with Gasteiger partial charge in [0.05, 0.1) is 15.7 Å². The van der Waals surface area contributed by atoms with Gasteiger partial charge in [-0.15, -0.1) is 0 Å². The molecule has 0 aliphatic heterocycles. The van der Waals surface area contributed by atoms with Crippen LogP contribution in [0.15, 0.2) is 70.4 Å². The average Bonchev–Trinajstić information content (AvgIpc) is 2.77. The van der Waals surface area contributed by atoms with E-state index >= 15 is 0 Å². The molecule has 0 unspecified atom stereocenters. The maximum atomic E-state index is 13.1. The van der Waals surface area contributed by atoms with Gasteiger partial charge in [-0.2, -0.15) is 13.2 Å². The Labute approximate surface area is 195 Å². The number of amides is 1. The lowest BCUT2D eigenvalue weighted by Gasteiger charge is -2.14. The Balaban J connectivity index is 1.84. The summed E-state index contributed by atoms with van der Waals surface area (Å²) in [6, 6.07) is 13.1. The molecule has 0 radical (unpaired) electrons. The number of benzene rings is 2. The number of pyridine rings is 1. The number of sulfone groups is 1. The number of aromatic nitrogens is 1. The van der Waals surface area contributed by atoms with Gasteiger partial charge in [-0.05, 0) is 68.8 Å². The molecule has 1 amide bonds. The van der Waals surface area contributed by atoms with E-state index in [9.17, 15) is 31.2 Å². The Kier molecular flexibility index (Phi) is 7.02. The van der Waals surface area contributed by atoms with E-state index < -0.39 is 38.3 Å². The van der Waals surface area contributed by atoms with Crippen LogP contribution in [0.4, 0.5) is 13.2 Å². The fourth-order valence-corrected chi connectivity index (χ4v) is 4.35. The minimum absolute atomic E-state index is 0.00562. The maximum absolute atomic E-state index is 13.1. The highest BCUT2D eigenvalue weighted by molar-refractivity contribution is 7.92. The van der Waals surface area contributed by atoms with Gasteiger partial charge in [-0.1, -0.05) is 18.2 Å². The molecule has 0 bridgehead atoms. The number of nitrogens with zero attached hydrogens (tertiary/aromatic N) is 1. The van der Waals surface area contributed by atoms with Crippen LogP contribution >= 0.6 is 0 Å². The largest absolute Gasteiger partial charge is 0.416 e. The van der Waals surface area contributed by atoms with Gasteiger partial charge in [0.2, 0.25) is 0 Å². The zero-order valence-corrected chi connectivity index (χ0v) is 19.5. The van der Waals surface area contributed by atoms with Crippen LogP contribution in [0, 0.1) is 6.92 Å². The van der Waals surface area contributed by atoms with Gasteiger partial charge in [-0.25, -0.2) is 8.42 Å². The molecular formula is C24H23F3N2O4S. The molecule has 0 fully saturated rings. The molecule has 3 aromatic rings. The molecule has 1 heterocycles. The van der Waals surface area contributed by atoms with Crippen molar-refractivity contribution >= 4 is 15.7 Å². The van der Waals surface area contributed by atoms with Crippen LogP contribution in [0.2, 0.25) is 0 Å². The number of aryl methyl sites for hydroxylation is 1. The highest BCUT2D eigenvalue weighted by atomic mass is 32.2. The van der Waals surface area contributed by atoms with Crippen LogP contribution in [0.5, 0.6) is 0 Å². The van der Waals surface area contributed by atoms with Crippen LogP contribution < -0.4 is 10.9 Å². The lowest BCUT2D eigenvalue weighted by Crippen LogP contribution is -2.33. The summed E-state index contributed by atoms with van der Waals surface area (Å²) in [7, 11) is -3.42. The molecule has 0 atom stereocenters. The number of carbonyl (C=O) groups excluding carboxylic acids is 1. The fraction of sp³-hybridized carbons (Fsp3) is 0.250. The number of hydrogen-bond donors (Lipinski definition) is 1. The second-order valence-corrected chi connectivity index (χ2v) is 10.5. The fourth-order valence-electron chi connectivity index (χ4n) is 3.29. The Morgan fingerprint density at radius 1 is 1.03 bits per heavy atom. The van der Waals surface area contributed by atoms with Crippen LogP contribution in [0.25, 0.3) is 5.69 Å². The lowest BCUT2D eigenvalue weighted by atomic mass is 10.1. The first-order chi connectivity index (χ1) is 15.8. The van der Waals surface area contributed by atoms with Crippen molar-refractivity contribution in [3.8, 4) is 5.69 Å². The van der Waals surface area contributed by atoms with E-state index in [2.05, 4.69) is 5.32 Å². The summed E-state index contributed by atoms with van der Waals surface area (Å²) in [5.41, 5.74) is -0.926. The van der Waals surface area contributed by atoms with E-state index in [0.29, 0.717) is 11.3 Å². The summed E-state index contributed by atoms with van der Waals surface area (Å²) in [4.78, 5) is 25.8. The third kappa shape index (κ3) is 5.22. The number of alkyl halides is 3. The van der Waals surface area contributed by atoms with Crippen molar-refractivity contribution in [2.24, 2.45) is 0 Å². The number of hydrogen-bond acceptors (Lipinski definition) is 4. The number of nitrogens with one attached hydrogen (secondary N) is 1. The van der Waals surface area contributed by atoms with E-state index in [1.54, 1.807) is 32.9 Å². The molecular weight excluding hydrogens is 469 g/mol. The number of carbonyl (C=O) groups is 1. The zero-order valence-electron chi connectivity index (χ0n) is 18.7. The predicted molar refractivity (Wildman–Crippen MR) is 122 cm³/mol. The van der Waals surface area contributed by atoms with Crippen LogP contribution in [0.3, 0.4) is 0 Å². The summed E-state index contributed by atoms with van der Waals surface area (Å²) in [6.45, 7) is 4.74. The molecule has 0 spiro atoms. The van der Waals surface area contributed by atoms with Gasteiger partial charge in [0.15, 0.2) is 9.84 Å². The summed E-state index contributed by atoms with van der Waals surface area (Å²) in [5.74, 6) is -0.704. The van der Waals surface area contributed by atoms with Gasteiger partial charge in [0.1, 0.15) is 5.56 Å². The monoisotopic (exact) mass is 492 g/mol. The third-order valence-corrected chi connectivity index (χ3v) is 7.45. The minimum atomic E-state index is -4.58. The molecule has 10 heteroatoms. The van der Waals surface area contributed by atoms with Crippen LogP contribution in [-0.2, 0) is 22.6 Å². The molecule has 2 aromatic carbocycles. The summed E-state index contributed by atoms with van der Waals surface area (Å²) in [6.07, 6.45) is -4.58. The van der Waals surface area contributed by atoms with Crippen molar-refractivity contribution in [3.63, 3.8) is 0 Å². The summed E-state index contributed by atoms with van der Waals surface area (Å²) >= 11 is 0. The predicted octanol–water partition coefficient (Wildman–Crippen LogP) is 4.28. The van der Waals surface area contributed by atoms with Gasteiger partial charge in [0, 0.05) is 17.9 Å². The number of rotatable bonds is 6. The van der Waals surface area contributed by atoms with Crippen LogP contribution in [0.1, 0.15) is 41.0 Å². The molecule has 1 N–H and O–H groups in total. The van der Waals surface area contributed by atoms with Gasteiger partial charge in [-0.3, -0.25) is 14.2 Å². The Morgan fingerprint density at radius 2 is 1.68 bits per heavy atom. The van der Waals surface area contributed by atoms with E-state index in [1.165, 1.54) is 36.4 Å². The van der Waals surface area contributed by atoms with Crippen molar-refractivity contribution in [3.05, 3.63) is 93.4 Å². The second kappa shape index (κ2) is 9.46. The van der Waals surface area contributed by atoms with Crippen molar-refractivity contribution in [2.45, 2.75) is 43.6 Å². The first-order valence-electron chi connectivity index (χ1n) is 10.3. The van der Waals surface area contributed by atoms with E-state index in [1.807, 2.05) is 0 Å². The van der Waals surface area contributed by atoms with Gasteiger partial charge in [0.25, 0.3) is 11.5 Å². The molecule has 3 rings (SSSR count). The smallest absolute Gasteiger partial charge is 0.348 e. The Bertz CT molecular complexity index is 1380. The quantitative estimate of drug-likeness (QED) is 0.557. The molecule has 1 aromatic heterocycles. The first kappa shape index (κ1) is 25.2. The minimum Gasteiger partial charge on any atom is -0.348 e. The highest BCUT2D eigenvalue weighted by Crippen LogP contribution is 2.30. The summed E-state index contributed by atoms with van der Waals surface area (Å²) < 4.78 is 64.8. The third-order valence-electron chi connectivity index (χ3n) is 5.28. The Morgan fingerprint density at radius 3 is 2.26 bits per heavy atom. The molecule has 6 nitrogen and oxygen atoms in total. The normalized spacial score (nSPS) is 12.1. The molecule has 0 aliphatic rings. The first-order valence-corrected chi connectivity index (χ1v) is 11.9. The highest BCUT2D eigenvalue weighted by Gasteiger charge is 2.30. The molecule has 0 saturated heterocycles. The molecule has 0 saturated carbocycles. The Hall–Kier alpha value is -3.40. The zero-order chi connectivity index (χ0) is 25.3. The standard InChI is InChI=1S/C24H23F3N2O4S/c1-15(2)34(32,33)20-10-8-17(9-11-20)14-28-22(30)21-12-7-16(3)29(23(21)31)19-6-4-5-18(13-19)24(25,26)27/h4-13,15H,14H2,1-3H3,(H,28,30). The van der Waals surface area contributed by atoms with Gasteiger partial charge < -0.3 is 5.32 Å². The van der Waals surface area contributed by atoms with Gasteiger partial charge >= 0.3 is 6.18 Å². The van der Waals surface area contributed by atoms with E-state index in [0.717, 1.165) is 16.7 Å². The SMILES string of the molecule is Cc1ccc(C(=O)NCc2ccc(S(=O)(=O)C(C)C)cc2)c(=O)n1-c1cccc(C(F)(F)F)c1. The van der Waals surface area contributed by atoms with Crippen molar-refractivity contribution in [2.75, 3.05) is 0 Å². The van der Waals surface area contributed by atoms with E-state index in [-0.39, 0.29) is 22.7 Å². The molecule has 0 aliphatic carbocycles. The lowest BCUT2D eigenvalue weighted by molar-refractivity contribution is -0.137. The molecule has 34 heavy (non-hydrogen) atoms. The second-order valence-electron chi connectivity index (χ2n) is 8.00. The number of halogens is 3. The summed E-state index contributed by atoms with van der Waals surface area (Å²) in [5, 5.41) is 2.02. The topological polar surface area (TPSA) is 85.2 Å². The maximum Gasteiger partial charge on any atom is 0.416 e. The van der Waals surface area contributed by atoms with Crippen molar-refractivity contribution in [1.29, 1.82) is 0 Å².